The van der Waals surface area contributed by atoms with E-state index >= 15 is 0 Å². The lowest BCUT2D eigenvalue weighted by molar-refractivity contribution is 0.00578. The Morgan fingerprint density at radius 1 is 1.25 bits per heavy atom. The first-order valence-electron chi connectivity index (χ1n) is 6.66. The summed E-state index contributed by atoms with van der Waals surface area (Å²) in [6, 6.07) is 1.73. The van der Waals surface area contributed by atoms with Gasteiger partial charge in [0, 0.05) is 21.1 Å². The van der Waals surface area contributed by atoms with Crippen LogP contribution < -0.4 is 5.59 Å². The SMILES string of the molecule is CN(C)C(=O)c1cc(B2OC(C)(C)C(C)(C)O2)nn1C. The molecule has 2 rings (SSSR count). The number of amides is 1. The first-order valence-corrected chi connectivity index (χ1v) is 6.66. The highest BCUT2D eigenvalue weighted by Gasteiger charge is 2.52. The van der Waals surface area contributed by atoms with Crippen LogP contribution in [-0.4, -0.2) is 53.0 Å². The van der Waals surface area contributed by atoms with E-state index in [0.29, 0.717) is 11.3 Å². The monoisotopic (exact) mass is 279 g/mol. The van der Waals surface area contributed by atoms with E-state index in [9.17, 15) is 4.79 Å². The van der Waals surface area contributed by atoms with Gasteiger partial charge in [0.05, 0.1) is 16.8 Å². The van der Waals surface area contributed by atoms with Gasteiger partial charge in [-0.15, -0.1) is 0 Å². The van der Waals surface area contributed by atoms with E-state index in [4.69, 9.17) is 9.31 Å². The summed E-state index contributed by atoms with van der Waals surface area (Å²) in [7, 11) is 4.62. The Labute approximate surface area is 120 Å². The molecule has 0 aromatic carbocycles. The van der Waals surface area contributed by atoms with Gasteiger partial charge in [0.25, 0.3) is 5.91 Å². The highest BCUT2D eigenvalue weighted by Crippen LogP contribution is 2.36. The van der Waals surface area contributed by atoms with Crippen LogP contribution in [0.15, 0.2) is 6.07 Å². The van der Waals surface area contributed by atoms with Crippen molar-refractivity contribution >= 4 is 18.6 Å². The molecule has 0 N–H and O–H groups in total. The number of rotatable bonds is 2. The van der Waals surface area contributed by atoms with Crippen LogP contribution >= 0.6 is 0 Å². The van der Waals surface area contributed by atoms with Gasteiger partial charge >= 0.3 is 7.12 Å². The van der Waals surface area contributed by atoms with Gasteiger partial charge in [-0.05, 0) is 33.8 Å². The molecule has 1 aliphatic heterocycles. The maximum absolute atomic E-state index is 12.0. The Hall–Kier alpha value is -1.34. The van der Waals surface area contributed by atoms with Crippen molar-refractivity contribution in [3.05, 3.63) is 11.8 Å². The summed E-state index contributed by atoms with van der Waals surface area (Å²) in [6.45, 7) is 7.95. The molecular formula is C13H22BN3O3. The summed E-state index contributed by atoms with van der Waals surface area (Å²) in [4.78, 5) is 13.6. The number of aryl methyl sites for hydroxylation is 1. The number of aromatic nitrogens is 2. The second kappa shape index (κ2) is 4.60. The van der Waals surface area contributed by atoms with Crippen LogP contribution in [-0.2, 0) is 16.4 Å². The van der Waals surface area contributed by atoms with Crippen molar-refractivity contribution in [2.45, 2.75) is 38.9 Å². The number of carbonyl (C=O) groups is 1. The molecule has 0 atom stereocenters. The first-order chi connectivity index (χ1) is 9.05. The molecule has 1 amide bonds. The maximum Gasteiger partial charge on any atom is 0.516 e. The third-order valence-electron chi connectivity index (χ3n) is 4.02. The van der Waals surface area contributed by atoms with Crippen LogP contribution in [0.5, 0.6) is 0 Å². The Bertz CT molecular complexity index is 521. The summed E-state index contributed by atoms with van der Waals surface area (Å²) in [5.41, 5.74) is 0.304. The zero-order valence-corrected chi connectivity index (χ0v) is 13.2. The minimum absolute atomic E-state index is 0.0947. The Balaban J connectivity index is 2.29. The molecule has 1 aromatic heterocycles. The highest BCUT2D eigenvalue weighted by molar-refractivity contribution is 6.61. The van der Waals surface area contributed by atoms with Crippen LogP contribution in [0.25, 0.3) is 0 Å². The van der Waals surface area contributed by atoms with Gasteiger partial charge < -0.3 is 14.2 Å². The van der Waals surface area contributed by atoms with Crippen molar-refractivity contribution in [3.63, 3.8) is 0 Å². The van der Waals surface area contributed by atoms with E-state index in [1.54, 1.807) is 31.9 Å². The van der Waals surface area contributed by atoms with Crippen LogP contribution in [0, 0.1) is 0 Å². The topological polar surface area (TPSA) is 56.6 Å². The molecule has 0 unspecified atom stereocenters. The summed E-state index contributed by atoms with van der Waals surface area (Å²) in [5.74, 6) is -0.0947. The molecule has 1 aliphatic rings. The van der Waals surface area contributed by atoms with Crippen LogP contribution in [0.1, 0.15) is 38.2 Å². The molecule has 20 heavy (non-hydrogen) atoms. The van der Waals surface area contributed by atoms with Crippen LogP contribution in [0.3, 0.4) is 0 Å². The molecule has 0 saturated carbocycles. The fraction of sp³-hybridized carbons (Fsp3) is 0.692. The lowest BCUT2D eigenvalue weighted by atomic mass is 9.85. The Morgan fingerprint density at radius 3 is 2.20 bits per heavy atom. The quantitative estimate of drug-likeness (QED) is 0.736. The van der Waals surface area contributed by atoms with Crippen molar-refractivity contribution in [2.24, 2.45) is 7.05 Å². The van der Waals surface area contributed by atoms with Crippen molar-refractivity contribution in [1.29, 1.82) is 0 Å². The van der Waals surface area contributed by atoms with Crippen LogP contribution in [0.2, 0.25) is 0 Å². The van der Waals surface area contributed by atoms with Gasteiger partial charge in [0.15, 0.2) is 0 Å². The van der Waals surface area contributed by atoms with E-state index in [1.807, 2.05) is 27.7 Å². The molecule has 1 aromatic rings. The fourth-order valence-electron chi connectivity index (χ4n) is 2.00. The van der Waals surface area contributed by atoms with Crippen molar-refractivity contribution in [3.8, 4) is 0 Å². The predicted molar refractivity (Wildman–Crippen MR) is 76.9 cm³/mol. The van der Waals surface area contributed by atoms with E-state index in [-0.39, 0.29) is 5.91 Å². The van der Waals surface area contributed by atoms with Crippen molar-refractivity contribution in [1.82, 2.24) is 14.7 Å². The molecule has 2 heterocycles. The van der Waals surface area contributed by atoms with E-state index in [1.165, 1.54) is 4.90 Å². The second-order valence-corrected chi connectivity index (χ2v) is 6.37. The normalized spacial score (nSPS) is 20.2. The third-order valence-corrected chi connectivity index (χ3v) is 4.02. The minimum Gasteiger partial charge on any atom is -0.398 e. The third kappa shape index (κ3) is 2.36. The molecule has 0 spiro atoms. The summed E-state index contributed by atoms with van der Waals surface area (Å²) >= 11 is 0. The second-order valence-electron chi connectivity index (χ2n) is 6.37. The molecule has 0 radical (unpaired) electrons. The fourth-order valence-corrected chi connectivity index (χ4v) is 2.00. The van der Waals surface area contributed by atoms with E-state index in [2.05, 4.69) is 5.10 Å². The van der Waals surface area contributed by atoms with Gasteiger partial charge in [-0.1, -0.05) is 0 Å². The molecule has 0 aliphatic carbocycles. The molecule has 6 nitrogen and oxygen atoms in total. The smallest absolute Gasteiger partial charge is 0.398 e. The van der Waals surface area contributed by atoms with E-state index in [0.717, 1.165) is 0 Å². The lowest BCUT2D eigenvalue weighted by Gasteiger charge is -2.32. The first kappa shape index (κ1) is 15.1. The zero-order chi connectivity index (χ0) is 15.3. The van der Waals surface area contributed by atoms with Gasteiger partial charge in [-0.3, -0.25) is 9.48 Å². The molecular weight excluding hydrogens is 257 g/mol. The maximum atomic E-state index is 12.0. The largest absolute Gasteiger partial charge is 0.516 e. The van der Waals surface area contributed by atoms with Gasteiger partial charge in [-0.2, -0.15) is 5.10 Å². The standard InChI is InChI=1S/C13H22BN3O3/c1-12(2)13(3,4)20-14(19-12)10-8-9(17(7)15-10)11(18)16(5)6/h8H,1-7H3. The van der Waals surface area contributed by atoms with E-state index < -0.39 is 18.3 Å². The molecule has 110 valence electrons. The molecule has 7 heteroatoms. The summed E-state index contributed by atoms with van der Waals surface area (Å²) in [5, 5.41) is 4.35. The average Bonchev–Trinajstić information content (AvgIpc) is 2.77. The summed E-state index contributed by atoms with van der Waals surface area (Å²) < 4.78 is 13.4. The Morgan fingerprint density at radius 2 is 1.75 bits per heavy atom. The van der Waals surface area contributed by atoms with Gasteiger partial charge in [0.2, 0.25) is 0 Å². The molecule has 0 bridgehead atoms. The Kier molecular flexibility index (Phi) is 3.46. The predicted octanol–water partition coefficient (Wildman–Crippen LogP) is 0.421. The minimum atomic E-state index is -0.546. The van der Waals surface area contributed by atoms with Crippen LogP contribution in [0.4, 0.5) is 0 Å². The average molecular weight is 279 g/mol. The number of hydrogen-bond acceptors (Lipinski definition) is 4. The number of hydrogen-bond donors (Lipinski definition) is 0. The van der Waals surface area contributed by atoms with Gasteiger partial charge in [0.1, 0.15) is 5.69 Å². The van der Waals surface area contributed by atoms with Gasteiger partial charge in [-0.25, -0.2) is 0 Å². The zero-order valence-electron chi connectivity index (χ0n) is 13.2. The number of carbonyl (C=O) groups excluding carboxylic acids is 1. The van der Waals surface area contributed by atoms with Crippen molar-refractivity contribution < 1.29 is 14.1 Å². The van der Waals surface area contributed by atoms with Crippen molar-refractivity contribution in [2.75, 3.05) is 14.1 Å². The molecule has 1 fully saturated rings. The highest BCUT2D eigenvalue weighted by atomic mass is 16.7. The number of nitrogens with zero attached hydrogens (tertiary/aromatic N) is 3. The summed E-state index contributed by atoms with van der Waals surface area (Å²) in [6.07, 6.45) is 0. The molecule has 1 saturated heterocycles. The lowest BCUT2D eigenvalue weighted by Crippen LogP contribution is -2.41.